The average Bonchev–Trinajstić information content (AvgIpc) is 0.793. The number of likely N-dealkylation sites (tertiary alicyclic amines) is 3. The molecule has 27 heteroatoms. The second kappa shape index (κ2) is 37.5. The Kier molecular flexibility index (Phi) is 26.8. The van der Waals surface area contributed by atoms with Gasteiger partial charge >= 0.3 is 0 Å². The third-order valence-electron chi connectivity index (χ3n) is 20.8. The molecule has 0 amide bonds. The average molecular weight is 1590 g/mol. The molecule has 5 N–H and O–H groups in total. The lowest BCUT2D eigenvalue weighted by Crippen LogP contribution is -2.39. The van der Waals surface area contributed by atoms with Gasteiger partial charge in [-0.1, -0.05) is 36.4 Å². The molecule has 23 nitrogen and oxygen atoms in total. The van der Waals surface area contributed by atoms with Crippen molar-refractivity contribution >= 4 is 63.2 Å². The summed E-state index contributed by atoms with van der Waals surface area (Å²) < 4.78 is 42.6. The van der Waals surface area contributed by atoms with Gasteiger partial charge in [-0.05, 0) is 259 Å². The summed E-state index contributed by atoms with van der Waals surface area (Å²) in [6.07, 6.45) is 11.8. The van der Waals surface area contributed by atoms with Crippen molar-refractivity contribution < 1.29 is 22.6 Å². The van der Waals surface area contributed by atoms with E-state index in [0.29, 0.717) is 81.9 Å². The molecule has 0 bridgehead atoms. The minimum Gasteiger partial charge on any atom is -0.437 e. The van der Waals surface area contributed by atoms with Gasteiger partial charge in [0, 0.05) is 77.0 Å². The lowest BCUT2D eigenvalue weighted by molar-refractivity contribution is 0.211. The monoisotopic (exact) mass is 1580 g/mol. The summed E-state index contributed by atoms with van der Waals surface area (Å²) in [5, 5.41) is 62.0. The molecule has 15 rings (SSSR count). The van der Waals surface area contributed by atoms with E-state index < -0.39 is 10.0 Å². The molecule has 6 aliphatic rings. The number of nitrogens with one attached hydrogen (secondary N) is 3. The van der Waals surface area contributed by atoms with Crippen LogP contribution in [-0.2, 0) is 48.9 Å². The quantitative estimate of drug-likeness (QED) is 0.0584. The van der Waals surface area contributed by atoms with Crippen molar-refractivity contribution in [3.05, 3.63) is 204 Å². The number of piperidine rings is 3. The molecule has 0 atom stereocenters. The van der Waals surface area contributed by atoms with Crippen molar-refractivity contribution in [2.75, 3.05) is 72.5 Å². The van der Waals surface area contributed by atoms with Crippen LogP contribution in [0, 0.1) is 98.2 Å². The maximum Gasteiger partial charge on any atom is 0.238 e. The van der Waals surface area contributed by atoms with Crippen LogP contribution in [0.2, 0.25) is 0 Å². The number of aryl methyl sites for hydroxylation is 9. The maximum atomic E-state index is 11.7. The van der Waals surface area contributed by atoms with Gasteiger partial charge in [0.2, 0.25) is 45.5 Å². The molecule has 113 heavy (non-hydrogen) atoms. The molecule has 0 aliphatic carbocycles. The fourth-order valence-corrected chi connectivity index (χ4v) is 18.7. The smallest absolute Gasteiger partial charge is 0.238 e. The molecular formula is C86H92N18O5S4. The number of fused-ring (bicyclic) bond motifs is 3. The third-order valence-corrected chi connectivity index (χ3v) is 25.3. The van der Waals surface area contributed by atoms with E-state index in [1.807, 2.05) is 126 Å². The Morgan fingerprint density at radius 2 is 0.726 bits per heavy atom. The topological polar surface area (TPSA) is 330 Å². The fourth-order valence-electron chi connectivity index (χ4n) is 15.1. The molecule has 6 aliphatic heterocycles. The molecule has 0 spiro atoms. The second-order valence-electron chi connectivity index (χ2n) is 29.6. The molecule has 0 unspecified atom stereocenters. The number of rotatable bonds is 19. The molecule has 0 saturated carbocycles. The highest BCUT2D eigenvalue weighted by atomic mass is 32.2. The van der Waals surface area contributed by atoms with Gasteiger partial charge in [0.05, 0.1) is 94.8 Å². The number of aromatic nitrogens is 6. The van der Waals surface area contributed by atoms with E-state index >= 15 is 0 Å². The molecule has 9 heterocycles. The fraction of sp³-hybridized carbons (Fsp3) is 0.384. The first-order valence-electron chi connectivity index (χ1n) is 38.5. The zero-order valence-corrected chi connectivity index (χ0v) is 67.9. The van der Waals surface area contributed by atoms with Crippen LogP contribution in [0.4, 0.5) is 17.8 Å². The number of nitrogens with two attached hydrogens (primary N) is 1. The van der Waals surface area contributed by atoms with Crippen LogP contribution < -0.4 is 35.3 Å². The summed E-state index contributed by atoms with van der Waals surface area (Å²) in [7, 11) is -3.71. The molecule has 3 aromatic heterocycles. The summed E-state index contributed by atoms with van der Waals surface area (Å²) in [6, 6.07) is 45.5. The van der Waals surface area contributed by atoms with Gasteiger partial charge in [0.1, 0.15) is 17.2 Å². The van der Waals surface area contributed by atoms with Crippen molar-refractivity contribution in [1.29, 1.82) is 26.3 Å². The zero-order chi connectivity index (χ0) is 79.1. The van der Waals surface area contributed by atoms with E-state index in [1.54, 1.807) is 47.4 Å². The largest absolute Gasteiger partial charge is 0.437 e. The van der Waals surface area contributed by atoms with Gasteiger partial charge < -0.3 is 30.2 Å². The normalized spacial score (nSPS) is 16.1. The first kappa shape index (κ1) is 80.7. The standard InChI is InChI=1S/2C29H30N6OS.C28H32N6O3S2/c1-19-13-23(17-31)14-20(2)26(19)36-28-27-25(7-4-12-37-27)33-29(34-28)32-24-8-10-35(11-9-24)18-22-6-3-5-21(15-22)16-30;1-19-14-23(17-31)15-20(2)26(19)36-28-27-25(4-3-13-37-27)33-29(34-28)32-24-9-11-35(12-10-24)18-22-7-5-21(16-30)6-8-22;1-18-13-21(16-29)14-19(2)25(18)37-27-26-24(7-4-12-38-26)32-28(33-27)31-22-8-10-34(11-9-22)17-20-5-3-6-23(15-20)39(30,35)36/h3,5-6,13-15,24H,4,7-12,18H2,1-2H3,(H,32,33,34);5-8,14-15,24H,3-4,9-13,18H2,1-2H3,(H,32,33,34);3,5-6,13-15,22H,4,7-12,17H2,1-2H3,(H2,30,35,36)(H,31,32,33). The number of benzene rings is 6. The number of anilines is 3. The summed E-state index contributed by atoms with van der Waals surface area (Å²) >= 11 is 5.24. The highest BCUT2D eigenvalue weighted by Crippen LogP contribution is 2.44. The first-order chi connectivity index (χ1) is 54.7. The van der Waals surface area contributed by atoms with Gasteiger partial charge in [-0.25, -0.2) is 28.5 Å². The molecule has 3 saturated heterocycles. The van der Waals surface area contributed by atoms with Crippen LogP contribution in [-0.4, -0.2) is 128 Å². The predicted octanol–water partition coefficient (Wildman–Crippen LogP) is 16.0. The number of primary sulfonamides is 1. The van der Waals surface area contributed by atoms with E-state index in [-0.39, 0.29) is 10.9 Å². The van der Waals surface area contributed by atoms with E-state index in [9.17, 15) is 24.2 Å². The van der Waals surface area contributed by atoms with E-state index in [1.165, 1.54) is 17.2 Å². The highest BCUT2D eigenvalue weighted by Gasteiger charge is 2.30. The Bertz CT molecular complexity index is 5250. The zero-order valence-electron chi connectivity index (χ0n) is 64.6. The number of sulfonamides is 1. The van der Waals surface area contributed by atoms with Crippen molar-refractivity contribution in [2.24, 2.45) is 5.14 Å². The minimum absolute atomic E-state index is 0.142. The number of hydrogen-bond acceptors (Lipinski definition) is 25. The van der Waals surface area contributed by atoms with Gasteiger partial charge in [-0.15, -0.1) is 35.3 Å². The summed E-state index contributed by atoms with van der Waals surface area (Å²) in [5.74, 6) is 8.91. The number of nitriles is 5. The van der Waals surface area contributed by atoms with Gasteiger partial charge in [-0.2, -0.15) is 41.3 Å². The van der Waals surface area contributed by atoms with Crippen LogP contribution in [0.1, 0.15) is 153 Å². The van der Waals surface area contributed by atoms with Crippen molar-refractivity contribution in [2.45, 2.75) is 176 Å². The molecule has 580 valence electrons. The summed E-state index contributed by atoms with van der Waals surface area (Å²) in [5.41, 5.74) is 15.2. The molecule has 3 fully saturated rings. The van der Waals surface area contributed by atoms with Gasteiger partial charge in [-0.3, -0.25) is 14.7 Å². The number of hydrogen-bond donors (Lipinski definition) is 4. The second-order valence-corrected chi connectivity index (χ2v) is 34.5. The molecule has 9 aromatic rings. The third kappa shape index (κ3) is 21.1. The molecule has 6 aromatic carbocycles. The van der Waals surface area contributed by atoms with Gasteiger partial charge in [0.25, 0.3) is 0 Å². The maximum absolute atomic E-state index is 11.7. The summed E-state index contributed by atoms with van der Waals surface area (Å²) in [6.45, 7) is 19.8. The lowest BCUT2D eigenvalue weighted by Gasteiger charge is -2.32. The Hall–Kier alpha value is -10.4. The van der Waals surface area contributed by atoms with Crippen molar-refractivity contribution in [1.82, 2.24) is 44.6 Å². The van der Waals surface area contributed by atoms with Crippen LogP contribution >= 0.6 is 35.3 Å². The minimum atomic E-state index is -3.71. The van der Waals surface area contributed by atoms with Crippen LogP contribution in [0.3, 0.4) is 0 Å². The number of ether oxygens (including phenoxy) is 3. The SMILES string of the molecule is Cc1cc(C#N)cc(C)c1Oc1nc(NC2CCN(Cc3ccc(C#N)cc3)CC2)nc2c1SCCC2.Cc1cc(C#N)cc(C)c1Oc1nc(NC2CCN(Cc3cccc(C#N)c3)CC2)nc2c1SCCC2.Cc1cc(C#N)cc(C)c1Oc1nc(NC2CCN(Cc3cccc(S(N)(=O)=O)c3)CC2)nc2c1SCCC2. The Balaban J connectivity index is 0.000000148. The van der Waals surface area contributed by atoms with E-state index in [0.717, 1.165) is 235 Å². The highest BCUT2D eigenvalue weighted by molar-refractivity contribution is 8.00. The first-order valence-corrected chi connectivity index (χ1v) is 43.0. The van der Waals surface area contributed by atoms with Crippen molar-refractivity contribution in [3.63, 3.8) is 0 Å². The van der Waals surface area contributed by atoms with E-state index in [4.69, 9.17) is 59.8 Å². The molecular weight excluding hydrogens is 1490 g/mol. The molecule has 0 radical (unpaired) electrons. The Morgan fingerprint density at radius 1 is 0.407 bits per heavy atom. The Labute approximate surface area is 675 Å². The van der Waals surface area contributed by atoms with Crippen molar-refractivity contribution in [3.8, 4) is 65.2 Å². The summed E-state index contributed by atoms with van der Waals surface area (Å²) in [4.78, 5) is 39.5. The van der Waals surface area contributed by atoms with Crippen LogP contribution in [0.25, 0.3) is 0 Å². The number of nitrogens with zero attached hydrogens (tertiary/aromatic N) is 14. The number of thioether (sulfide) groups is 3. The Morgan fingerprint density at radius 3 is 1.05 bits per heavy atom. The lowest BCUT2D eigenvalue weighted by atomic mass is 10.0. The van der Waals surface area contributed by atoms with Crippen LogP contribution in [0.15, 0.2) is 129 Å². The van der Waals surface area contributed by atoms with E-state index in [2.05, 4.69) is 67.1 Å². The predicted molar refractivity (Wildman–Crippen MR) is 441 cm³/mol. The van der Waals surface area contributed by atoms with Crippen LogP contribution in [0.5, 0.6) is 34.9 Å². The van der Waals surface area contributed by atoms with Gasteiger partial charge in [0.15, 0.2) is 0 Å².